The summed E-state index contributed by atoms with van der Waals surface area (Å²) in [6.07, 6.45) is 2.07. The van der Waals surface area contributed by atoms with Gasteiger partial charge in [0, 0.05) is 60.9 Å². The van der Waals surface area contributed by atoms with Crippen molar-refractivity contribution in [2.24, 2.45) is 0 Å². The number of carbonyl (C=O) groups is 1. The summed E-state index contributed by atoms with van der Waals surface area (Å²) >= 11 is 1.65. The van der Waals surface area contributed by atoms with Crippen molar-refractivity contribution in [1.29, 1.82) is 0 Å². The number of anilines is 1. The van der Waals surface area contributed by atoms with Crippen LogP contribution in [-0.2, 0) is 6.54 Å². The number of para-hydroxylation sites is 2. The van der Waals surface area contributed by atoms with Gasteiger partial charge >= 0.3 is 0 Å². The molecule has 2 N–H and O–H groups in total. The molecule has 1 saturated heterocycles. The third-order valence-corrected chi connectivity index (χ3v) is 7.05. The van der Waals surface area contributed by atoms with Crippen LogP contribution < -0.4 is 10.6 Å². The standard InChI is InChI=1S/C26H24N6OS/c33-25(23-10-9-18-5-1-3-7-21(18)28-23)29-22-8-4-2-6-20(22)24-16-32-19(17-34-26(32)30-24)15-31-13-11-27-12-14-31/h1-10,16-17,27H,11-15H2,(H,29,33). The number of carbonyl (C=O) groups excluding carboxylic acids is 1. The number of amides is 1. The zero-order valence-corrected chi connectivity index (χ0v) is 19.4. The second-order valence-corrected chi connectivity index (χ2v) is 9.26. The van der Waals surface area contributed by atoms with Gasteiger partial charge in [0.2, 0.25) is 0 Å². The van der Waals surface area contributed by atoms with Gasteiger partial charge in [-0.2, -0.15) is 0 Å². The van der Waals surface area contributed by atoms with Gasteiger partial charge in [-0.15, -0.1) is 11.3 Å². The molecule has 8 heteroatoms. The molecule has 2 aromatic carbocycles. The summed E-state index contributed by atoms with van der Waals surface area (Å²) in [5.41, 5.74) is 4.88. The smallest absolute Gasteiger partial charge is 0.274 e. The van der Waals surface area contributed by atoms with Gasteiger partial charge in [0.25, 0.3) is 5.91 Å². The lowest BCUT2D eigenvalue weighted by molar-refractivity contribution is 0.102. The summed E-state index contributed by atoms with van der Waals surface area (Å²) in [5.74, 6) is -0.237. The van der Waals surface area contributed by atoms with Gasteiger partial charge < -0.3 is 10.6 Å². The number of nitrogens with zero attached hydrogens (tertiary/aromatic N) is 4. The van der Waals surface area contributed by atoms with Crippen LogP contribution in [0.4, 0.5) is 5.69 Å². The van der Waals surface area contributed by atoms with E-state index in [-0.39, 0.29) is 5.91 Å². The van der Waals surface area contributed by atoms with E-state index in [0.717, 1.165) is 65.5 Å². The minimum absolute atomic E-state index is 0.237. The molecule has 1 aliphatic heterocycles. The van der Waals surface area contributed by atoms with Crippen LogP contribution in [0.15, 0.2) is 72.2 Å². The number of aromatic nitrogens is 3. The van der Waals surface area contributed by atoms with E-state index in [1.54, 1.807) is 17.4 Å². The number of imidazole rings is 1. The number of nitrogens with one attached hydrogen (secondary N) is 2. The monoisotopic (exact) mass is 468 g/mol. The average Bonchev–Trinajstić information content (AvgIpc) is 3.46. The Morgan fingerprint density at radius 2 is 1.82 bits per heavy atom. The van der Waals surface area contributed by atoms with Crippen molar-refractivity contribution in [3.8, 4) is 11.3 Å². The molecule has 3 aromatic heterocycles. The molecule has 170 valence electrons. The maximum Gasteiger partial charge on any atom is 0.274 e. The van der Waals surface area contributed by atoms with Crippen molar-refractivity contribution in [3.63, 3.8) is 0 Å². The van der Waals surface area contributed by atoms with Crippen molar-refractivity contribution >= 4 is 38.8 Å². The lowest BCUT2D eigenvalue weighted by Gasteiger charge is -2.26. The number of hydrogen-bond acceptors (Lipinski definition) is 6. The van der Waals surface area contributed by atoms with Gasteiger partial charge in [-0.3, -0.25) is 14.1 Å². The van der Waals surface area contributed by atoms with Crippen LogP contribution >= 0.6 is 11.3 Å². The number of fused-ring (bicyclic) bond motifs is 2. The molecule has 7 nitrogen and oxygen atoms in total. The summed E-state index contributed by atoms with van der Waals surface area (Å²) in [6.45, 7) is 5.07. The maximum atomic E-state index is 13.0. The number of piperazine rings is 1. The molecule has 0 bridgehead atoms. The van der Waals surface area contributed by atoms with Crippen molar-refractivity contribution in [2.45, 2.75) is 6.54 Å². The van der Waals surface area contributed by atoms with E-state index < -0.39 is 0 Å². The van der Waals surface area contributed by atoms with Gasteiger partial charge in [-0.1, -0.05) is 42.5 Å². The number of pyridine rings is 1. The first-order valence-electron chi connectivity index (χ1n) is 11.4. The molecule has 1 amide bonds. The Balaban J connectivity index is 1.28. The highest BCUT2D eigenvalue weighted by Crippen LogP contribution is 2.30. The van der Waals surface area contributed by atoms with Gasteiger partial charge in [0.15, 0.2) is 4.96 Å². The zero-order chi connectivity index (χ0) is 22.9. The largest absolute Gasteiger partial charge is 0.320 e. The molecule has 4 heterocycles. The number of thiazole rings is 1. The van der Waals surface area contributed by atoms with Crippen LogP contribution in [0.25, 0.3) is 27.1 Å². The van der Waals surface area contributed by atoms with Gasteiger partial charge in [-0.05, 0) is 18.2 Å². The summed E-state index contributed by atoms with van der Waals surface area (Å²) in [5, 5.41) is 9.64. The molecule has 1 aliphatic rings. The second-order valence-electron chi connectivity index (χ2n) is 8.42. The van der Waals surface area contributed by atoms with Gasteiger partial charge in [0.1, 0.15) is 5.69 Å². The molecule has 5 aromatic rings. The van der Waals surface area contributed by atoms with E-state index in [2.05, 4.69) is 36.5 Å². The predicted octanol–water partition coefficient (Wildman–Crippen LogP) is 4.27. The Hall–Kier alpha value is -3.59. The Kier molecular flexibility index (Phi) is 5.54. The Morgan fingerprint density at radius 1 is 1.00 bits per heavy atom. The third kappa shape index (κ3) is 4.07. The quantitative estimate of drug-likeness (QED) is 0.403. The van der Waals surface area contributed by atoms with Crippen molar-refractivity contribution in [2.75, 3.05) is 31.5 Å². The number of rotatable bonds is 5. The maximum absolute atomic E-state index is 13.0. The lowest BCUT2D eigenvalue weighted by Crippen LogP contribution is -2.43. The van der Waals surface area contributed by atoms with Crippen molar-refractivity contribution in [1.82, 2.24) is 24.6 Å². The number of hydrogen-bond donors (Lipinski definition) is 2. The van der Waals surface area contributed by atoms with Crippen molar-refractivity contribution in [3.05, 3.63) is 83.6 Å². The van der Waals surface area contributed by atoms with E-state index in [1.807, 2.05) is 54.6 Å². The van der Waals surface area contributed by atoms with Crippen LogP contribution in [-0.4, -0.2) is 51.4 Å². The SMILES string of the molecule is O=C(Nc1ccccc1-c1cn2c(CN3CCNCC3)csc2n1)c1ccc2ccccc2n1. The first kappa shape index (κ1) is 21.0. The highest BCUT2D eigenvalue weighted by molar-refractivity contribution is 7.15. The zero-order valence-electron chi connectivity index (χ0n) is 18.6. The third-order valence-electron chi connectivity index (χ3n) is 6.16. The molecule has 0 saturated carbocycles. The van der Waals surface area contributed by atoms with Crippen LogP contribution in [0.1, 0.15) is 16.2 Å². The fourth-order valence-corrected chi connectivity index (χ4v) is 5.23. The normalized spacial score (nSPS) is 14.6. The molecule has 0 aliphatic carbocycles. The minimum Gasteiger partial charge on any atom is -0.320 e. The Morgan fingerprint density at radius 3 is 2.74 bits per heavy atom. The van der Waals surface area contributed by atoms with Crippen LogP contribution in [0.3, 0.4) is 0 Å². The molecule has 34 heavy (non-hydrogen) atoms. The fraction of sp³-hybridized carbons (Fsp3) is 0.192. The molecule has 6 rings (SSSR count). The minimum atomic E-state index is -0.237. The van der Waals surface area contributed by atoms with E-state index >= 15 is 0 Å². The average molecular weight is 469 g/mol. The topological polar surface area (TPSA) is 74.6 Å². The molecule has 0 atom stereocenters. The fourth-order valence-electron chi connectivity index (χ4n) is 4.37. The lowest BCUT2D eigenvalue weighted by atomic mass is 10.1. The van der Waals surface area contributed by atoms with Crippen molar-refractivity contribution < 1.29 is 4.79 Å². The predicted molar refractivity (Wildman–Crippen MR) is 136 cm³/mol. The highest BCUT2D eigenvalue weighted by atomic mass is 32.1. The Bertz CT molecular complexity index is 1480. The summed E-state index contributed by atoms with van der Waals surface area (Å²) in [4.78, 5) is 25.8. The Labute approximate surface area is 201 Å². The first-order chi connectivity index (χ1) is 16.7. The van der Waals surface area contributed by atoms with Crippen LogP contribution in [0.5, 0.6) is 0 Å². The molecule has 0 unspecified atom stereocenters. The van der Waals surface area contributed by atoms with E-state index in [9.17, 15) is 4.79 Å². The summed E-state index contributed by atoms with van der Waals surface area (Å²) in [6, 6.07) is 19.3. The number of benzene rings is 2. The van der Waals surface area contributed by atoms with Crippen LogP contribution in [0, 0.1) is 0 Å². The van der Waals surface area contributed by atoms with E-state index in [0.29, 0.717) is 5.69 Å². The summed E-state index contributed by atoms with van der Waals surface area (Å²) in [7, 11) is 0. The summed E-state index contributed by atoms with van der Waals surface area (Å²) < 4.78 is 2.17. The molecule has 1 fully saturated rings. The molecular formula is C26H24N6OS. The van der Waals surface area contributed by atoms with Crippen LogP contribution in [0.2, 0.25) is 0 Å². The van der Waals surface area contributed by atoms with Gasteiger partial charge in [0.05, 0.1) is 16.9 Å². The molecule has 0 spiro atoms. The molecule has 0 radical (unpaired) electrons. The van der Waals surface area contributed by atoms with Gasteiger partial charge in [-0.25, -0.2) is 9.97 Å². The van der Waals surface area contributed by atoms with E-state index in [1.165, 1.54) is 5.69 Å². The first-order valence-corrected chi connectivity index (χ1v) is 12.3. The second kappa shape index (κ2) is 8.98. The van der Waals surface area contributed by atoms with E-state index in [4.69, 9.17) is 4.98 Å². The highest BCUT2D eigenvalue weighted by Gasteiger charge is 2.17. The molecular weight excluding hydrogens is 444 g/mol.